The van der Waals surface area contributed by atoms with Crippen molar-refractivity contribution in [3.8, 4) is 5.75 Å². The highest BCUT2D eigenvalue weighted by molar-refractivity contribution is 5.89. The molecule has 0 aliphatic heterocycles. The Morgan fingerprint density at radius 2 is 1.64 bits per heavy atom. The highest BCUT2D eigenvalue weighted by Crippen LogP contribution is 2.12. The molecule has 0 aromatic heterocycles. The summed E-state index contributed by atoms with van der Waals surface area (Å²) < 4.78 is 5.12. The van der Waals surface area contributed by atoms with Gasteiger partial charge in [0, 0.05) is 6.42 Å². The number of allylic oxidation sites excluding steroid dienone is 2. The van der Waals surface area contributed by atoms with E-state index in [1.54, 1.807) is 13.2 Å². The van der Waals surface area contributed by atoms with Gasteiger partial charge in [0.15, 0.2) is 5.78 Å². The average molecular weight is 294 g/mol. The third kappa shape index (κ3) is 5.57. The largest absolute Gasteiger partial charge is 0.497 e. The summed E-state index contributed by atoms with van der Waals surface area (Å²) in [4.78, 5) is 11.8. The molecule has 0 radical (unpaired) electrons. The molecule has 0 heterocycles. The summed E-state index contributed by atoms with van der Waals surface area (Å²) in [5.41, 5.74) is 2.46. The summed E-state index contributed by atoms with van der Waals surface area (Å²) in [6.45, 7) is 0. The second-order valence-electron chi connectivity index (χ2n) is 5.24. The van der Waals surface area contributed by atoms with Crippen molar-refractivity contribution in [3.05, 3.63) is 77.9 Å². The third-order valence-electron chi connectivity index (χ3n) is 3.57. The molecule has 0 bridgehead atoms. The SMILES string of the molecule is COc1ccc(CCC(=O)/C=C/CCc2ccccc2)cc1. The fourth-order valence-corrected chi connectivity index (χ4v) is 2.25. The first-order chi connectivity index (χ1) is 10.8. The fourth-order valence-electron chi connectivity index (χ4n) is 2.25. The summed E-state index contributed by atoms with van der Waals surface area (Å²) >= 11 is 0. The van der Waals surface area contributed by atoms with Crippen LogP contribution in [0, 0.1) is 0 Å². The molecule has 114 valence electrons. The molecule has 0 unspecified atom stereocenters. The van der Waals surface area contributed by atoms with Gasteiger partial charge in [0.05, 0.1) is 7.11 Å². The van der Waals surface area contributed by atoms with E-state index in [2.05, 4.69) is 12.1 Å². The molecule has 0 spiro atoms. The Morgan fingerprint density at radius 3 is 2.32 bits per heavy atom. The normalized spacial score (nSPS) is 10.8. The van der Waals surface area contributed by atoms with Crippen LogP contribution in [-0.2, 0) is 17.6 Å². The van der Waals surface area contributed by atoms with Crippen LogP contribution in [0.3, 0.4) is 0 Å². The summed E-state index contributed by atoms with van der Waals surface area (Å²) in [5.74, 6) is 1.03. The van der Waals surface area contributed by atoms with Crippen molar-refractivity contribution in [2.24, 2.45) is 0 Å². The van der Waals surface area contributed by atoms with E-state index in [0.717, 1.165) is 30.6 Å². The van der Waals surface area contributed by atoms with Crippen molar-refractivity contribution in [3.63, 3.8) is 0 Å². The number of methoxy groups -OCH3 is 1. The number of hydrogen-bond acceptors (Lipinski definition) is 2. The van der Waals surface area contributed by atoms with E-state index in [0.29, 0.717) is 6.42 Å². The molecule has 2 aromatic rings. The number of benzene rings is 2. The van der Waals surface area contributed by atoms with Crippen LogP contribution in [0.2, 0.25) is 0 Å². The minimum Gasteiger partial charge on any atom is -0.497 e. The van der Waals surface area contributed by atoms with Crippen LogP contribution in [-0.4, -0.2) is 12.9 Å². The van der Waals surface area contributed by atoms with Gasteiger partial charge >= 0.3 is 0 Å². The van der Waals surface area contributed by atoms with Gasteiger partial charge in [-0.1, -0.05) is 48.5 Å². The van der Waals surface area contributed by atoms with Gasteiger partial charge in [-0.15, -0.1) is 0 Å². The number of aryl methyl sites for hydroxylation is 2. The number of rotatable bonds is 8. The van der Waals surface area contributed by atoms with E-state index >= 15 is 0 Å². The van der Waals surface area contributed by atoms with Crippen LogP contribution in [0.1, 0.15) is 24.0 Å². The Bertz CT molecular complexity index is 597. The quantitative estimate of drug-likeness (QED) is 0.675. The third-order valence-corrected chi connectivity index (χ3v) is 3.57. The number of hydrogen-bond donors (Lipinski definition) is 0. The smallest absolute Gasteiger partial charge is 0.155 e. The van der Waals surface area contributed by atoms with E-state index in [9.17, 15) is 4.79 Å². The molecule has 0 aliphatic carbocycles. The second-order valence-corrected chi connectivity index (χ2v) is 5.24. The highest BCUT2D eigenvalue weighted by atomic mass is 16.5. The molecule has 0 N–H and O–H groups in total. The molecule has 22 heavy (non-hydrogen) atoms. The number of ether oxygens (including phenoxy) is 1. The lowest BCUT2D eigenvalue weighted by atomic mass is 10.1. The lowest BCUT2D eigenvalue weighted by Crippen LogP contribution is -1.96. The molecule has 0 atom stereocenters. The van der Waals surface area contributed by atoms with Crippen LogP contribution in [0.5, 0.6) is 5.75 Å². The van der Waals surface area contributed by atoms with Crippen LogP contribution in [0.4, 0.5) is 0 Å². The summed E-state index contributed by atoms with van der Waals surface area (Å²) in [6, 6.07) is 18.2. The monoisotopic (exact) mass is 294 g/mol. The molecular weight excluding hydrogens is 272 g/mol. The van der Waals surface area contributed by atoms with E-state index in [1.165, 1.54) is 5.56 Å². The predicted molar refractivity (Wildman–Crippen MR) is 90.2 cm³/mol. The number of carbonyl (C=O) groups is 1. The summed E-state index contributed by atoms with van der Waals surface area (Å²) in [7, 11) is 1.65. The first kappa shape index (κ1) is 16.0. The van der Waals surface area contributed by atoms with E-state index < -0.39 is 0 Å². The lowest BCUT2D eigenvalue weighted by molar-refractivity contribution is -0.114. The van der Waals surface area contributed by atoms with Crippen molar-refractivity contribution >= 4 is 5.78 Å². The molecule has 2 heteroatoms. The highest BCUT2D eigenvalue weighted by Gasteiger charge is 1.99. The van der Waals surface area contributed by atoms with Crippen LogP contribution in [0.15, 0.2) is 66.7 Å². The molecule has 0 fully saturated rings. The topological polar surface area (TPSA) is 26.3 Å². The van der Waals surface area contributed by atoms with Crippen LogP contribution >= 0.6 is 0 Å². The first-order valence-corrected chi connectivity index (χ1v) is 7.64. The summed E-state index contributed by atoms with van der Waals surface area (Å²) in [5, 5.41) is 0. The molecule has 2 nitrogen and oxygen atoms in total. The molecule has 0 saturated carbocycles. The van der Waals surface area contributed by atoms with Gasteiger partial charge in [0.25, 0.3) is 0 Å². The minimum absolute atomic E-state index is 0.184. The predicted octanol–water partition coefficient (Wildman–Crippen LogP) is 4.39. The van der Waals surface area contributed by atoms with Crippen molar-refractivity contribution in [1.29, 1.82) is 0 Å². The Kier molecular flexibility index (Phi) is 6.43. The molecular formula is C20H22O2. The van der Waals surface area contributed by atoms with Gasteiger partial charge in [-0.05, 0) is 48.6 Å². The van der Waals surface area contributed by atoms with E-state index in [-0.39, 0.29) is 5.78 Å². The van der Waals surface area contributed by atoms with Crippen molar-refractivity contribution in [2.45, 2.75) is 25.7 Å². The summed E-state index contributed by atoms with van der Waals surface area (Å²) in [6.07, 6.45) is 6.89. The van der Waals surface area contributed by atoms with E-state index in [4.69, 9.17) is 4.74 Å². The Labute approximate surface area is 132 Å². The van der Waals surface area contributed by atoms with Gasteiger partial charge in [-0.25, -0.2) is 0 Å². The maximum Gasteiger partial charge on any atom is 0.155 e. The number of ketones is 1. The standard InChI is InChI=1S/C20H22O2/c1-22-20-15-12-18(13-16-20)11-14-19(21)10-6-5-9-17-7-3-2-4-8-17/h2-4,6-8,10,12-13,15-16H,5,9,11,14H2,1H3/b10-6+. The maximum atomic E-state index is 11.8. The van der Waals surface area contributed by atoms with Gasteiger partial charge in [0.1, 0.15) is 5.75 Å². The Balaban J connectivity index is 1.69. The van der Waals surface area contributed by atoms with Gasteiger partial charge in [0.2, 0.25) is 0 Å². The van der Waals surface area contributed by atoms with Gasteiger partial charge < -0.3 is 4.74 Å². The maximum absolute atomic E-state index is 11.8. The molecule has 0 aliphatic rings. The number of carbonyl (C=O) groups excluding carboxylic acids is 1. The van der Waals surface area contributed by atoms with Crippen molar-refractivity contribution in [2.75, 3.05) is 7.11 Å². The second kappa shape index (κ2) is 8.83. The Hall–Kier alpha value is -2.35. The zero-order chi connectivity index (χ0) is 15.6. The zero-order valence-electron chi connectivity index (χ0n) is 13.0. The first-order valence-electron chi connectivity index (χ1n) is 7.64. The average Bonchev–Trinajstić information content (AvgIpc) is 2.58. The van der Waals surface area contributed by atoms with Crippen LogP contribution < -0.4 is 4.74 Å². The van der Waals surface area contributed by atoms with Crippen LogP contribution in [0.25, 0.3) is 0 Å². The molecule has 0 amide bonds. The minimum atomic E-state index is 0.184. The Morgan fingerprint density at radius 1 is 0.955 bits per heavy atom. The molecule has 2 rings (SSSR count). The molecule has 0 saturated heterocycles. The lowest BCUT2D eigenvalue weighted by Gasteiger charge is -2.02. The fraction of sp³-hybridized carbons (Fsp3) is 0.250. The van der Waals surface area contributed by atoms with Crippen molar-refractivity contribution in [1.82, 2.24) is 0 Å². The van der Waals surface area contributed by atoms with E-state index in [1.807, 2.05) is 48.5 Å². The van der Waals surface area contributed by atoms with Gasteiger partial charge in [-0.3, -0.25) is 4.79 Å². The van der Waals surface area contributed by atoms with Crippen molar-refractivity contribution < 1.29 is 9.53 Å². The molecule has 2 aromatic carbocycles. The zero-order valence-corrected chi connectivity index (χ0v) is 13.0. The van der Waals surface area contributed by atoms with Gasteiger partial charge in [-0.2, -0.15) is 0 Å².